The van der Waals surface area contributed by atoms with Crippen LogP contribution in [0.25, 0.3) is 0 Å². The van der Waals surface area contributed by atoms with Gasteiger partial charge in [0.25, 0.3) is 0 Å². The number of rotatable bonds is 1. The number of carbonyl (C=O) groups is 1. The van der Waals surface area contributed by atoms with Crippen LogP contribution >= 0.6 is 11.6 Å². The summed E-state index contributed by atoms with van der Waals surface area (Å²) in [7, 11) is 0. The minimum Gasteiger partial charge on any atom is -0.437 e. The topological polar surface area (TPSA) is 26.3 Å². The van der Waals surface area contributed by atoms with E-state index < -0.39 is 11.5 Å². The quantitative estimate of drug-likeness (QED) is 0.398. The Morgan fingerprint density at radius 2 is 2.50 bits per heavy atom. The molecule has 0 heterocycles. The molecule has 0 bridgehead atoms. The van der Waals surface area contributed by atoms with Crippen LogP contribution in [-0.2, 0) is 4.74 Å². The van der Waals surface area contributed by atoms with E-state index >= 15 is 0 Å². The molecule has 0 rings (SSSR count). The lowest BCUT2D eigenvalue weighted by Gasteiger charge is -1.99. The molecule has 0 aromatic rings. The summed E-state index contributed by atoms with van der Waals surface area (Å²) in [5, 5.41) is 0. The number of terminal acetylenes is 1. The first-order valence-corrected chi connectivity index (χ1v) is 2.37. The summed E-state index contributed by atoms with van der Waals surface area (Å²) >= 11 is 4.79. The van der Waals surface area contributed by atoms with Gasteiger partial charge in [0.1, 0.15) is 0 Å². The Morgan fingerprint density at radius 1 is 2.00 bits per heavy atom. The number of ether oxygens (including phenoxy) is 1. The van der Waals surface area contributed by atoms with Gasteiger partial charge in [-0.15, -0.1) is 6.42 Å². The Bertz CT molecular complexity index is 125. The first-order valence-electron chi connectivity index (χ1n) is 1.99. The Balaban J connectivity index is 3.43. The number of carbonyl (C=O) groups excluding carboxylic acids is 1. The van der Waals surface area contributed by atoms with Crippen LogP contribution in [0.4, 0.5) is 4.79 Å². The average molecular weight is 133 g/mol. The monoisotopic (exact) mass is 132 g/mol. The molecule has 0 spiro atoms. The predicted octanol–water partition coefficient (Wildman–Crippen LogP) is 1.38. The zero-order valence-corrected chi connectivity index (χ0v) is 5.11. The predicted molar refractivity (Wildman–Crippen MR) is 30.6 cm³/mol. The lowest BCUT2D eigenvalue weighted by molar-refractivity contribution is 0.157. The second-order valence-corrected chi connectivity index (χ2v) is 1.47. The maximum atomic E-state index is 9.86. The van der Waals surface area contributed by atoms with Gasteiger partial charge in [0, 0.05) is 11.6 Å². The lowest BCUT2D eigenvalue weighted by atomic mass is 10.4. The molecule has 8 heavy (non-hydrogen) atoms. The van der Waals surface area contributed by atoms with Crippen molar-refractivity contribution in [1.82, 2.24) is 0 Å². The van der Waals surface area contributed by atoms with E-state index in [0.717, 1.165) is 0 Å². The summed E-state index contributed by atoms with van der Waals surface area (Å²) in [4.78, 5) is 9.86. The highest BCUT2D eigenvalue weighted by molar-refractivity contribution is 6.61. The minimum atomic E-state index is -0.865. The van der Waals surface area contributed by atoms with Crippen LogP contribution in [0.1, 0.15) is 6.92 Å². The van der Waals surface area contributed by atoms with Crippen LogP contribution in [0, 0.1) is 12.3 Å². The second kappa shape index (κ2) is 3.34. The largest absolute Gasteiger partial charge is 0.437 e. The van der Waals surface area contributed by atoms with Gasteiger partial charge in [-0.05, 0) is 6.92 Å². The van der Waals surface area contributed by atoms with Gasteiger partial charge in [-0.2, -0.15) is 0 Å². The minimum absolute atomic E-state index is 0.528. The van der Waals surface area contributed by atoms with Crippen molar-refractivity contribution < 1.29 is 9.53 Å². The molecule has 0 aliphatic carbocycles. The molecule has 0 saturated carbocycles. The van der Waals surface area contributed by atoms with Crippen molar-refractivity contribution in [2.24, 2.45) is 0 Å². The first-order chi connectivity index (χ1) is 3.66. The normalized spacial score (nSPS) is 11.6. The van der Waals surface area contributed by atoms with E-state index in [4.69, 9.17) is 18.0 Å². The van der Waals surface area contributed by atoms with E-state index in [1.165, 1.54) is 0 Å². The summed E-state index contributed by atoms with van der Waals surface area (Å²) < 4.78 is 4.29. The molecule has 0 saturated heterocycles. The van der Waals surface area contributed by atoms with E-state index in [0.29, 0.717) is 0 Å². The van der Waals surface area contributed by atoms with Crippen LogP contribution in [0.3, 0.4) is 0 Å². The molecule has 0 aromatic carbocycles. The average Bonchev–Trinajstić information content (AvgIpc) is 1.65. The van der Waals surface area contributed by atoms with Crippen LogP contribution in [-0.4, -0.2) is 11.5 Å². The Morgan fingerprint density at radius 3 is 2.62 bits per heavy atom. The fraction of sp³-hybridized carbons (Fsp3) is 0.400. The van der Waals surface area contributed by atoms with Gasteiger partial charge in [0.2, 0.25) is 0 Å². The molecule has 3 heteroatoms. The van der Waals surface area contributed by atoms with Crippen molar-refractivity contribution >= 4 is 17.0 Å². The fourth-order valence-electron chi connectivity index (χ4n) is 0.173. The van der Waals surface area contributed by atoms with Crippen molar-refractivity contribution in [3.8, 4) is 12.3 Å². The number of halogens is 1. The summed E-state index contributed by atoms with van der Waals surface area (Å²) in [6, 6.07) is 0. The van der Waals surface area contributed by atoms with Gasteiger partial charge in [0.15, 0.2) is 6.10 Å². The highest BCUT2D eigenvalue weighted by Crippen LogP contribution is 1.92. The molecule has 1 atom stereocenters. The lowest BCUT2D eigenvalue weighted by Crippen LogP contribution is -2.05. The van der Waals surface area contributed by atoms with E-state index in [9.17, 15) is 4.79 Å². The Hall–Kier alpha value is -0.680. The third-order valence-corrected chi connectivity index (χ3v) is 0.593. The van der Waals surface area contributed by atoms with E-state index in [1.807, 2.05) is 0 Å². The molecule has 44 valence electrons. The van der Waals surface area contributed by atoms with Crippen molar-refractivity contribution in [2.75, 3.05) is 0 Å². The highest BCUT2D eigenvalue weighted by Gasteiger charge is 1.99. The van der Waals surface area contributed by atoms with Crippen molar-refractivity contribution in [3.63, 3.8) is 0 Å². The third-order valence-electron chi connectivity index (χ3n) is 0.504. The van der Waals surface area contributed by atoms with Gasteiger partial charge in [-0.3, -0.25) is 0 Å². The van der Waals surface area contributed by atoms with Crippen molar-refractivity contribution in [1.29, 1.82) is 0 Å². The Kier molecular flexibility index (Phi) is 3.05. The molecular weight excluding hydrogens is 128 g/mol. The SMILES string of the molecule is C#CC(C)OC(=O)Cl. The fourth-order valence-corrected chi connectivity index (χ4v) is 0.307. The Labute approximate surface area is 52.8 Å². The molecule has 0 amide bonds. The number of hydrogen-bond donors (Lipinski definition) is 0. The molecular formula is C5H5ClO2. The van der Waals surface area contributed by atoms with E-state index in [-0.39, 0.29) is 0 Å². The summed E-state index contributed by atoms with van der Waals surface area (Å²) in [6.07, 6.45) is 4.31. The maximum Gasteiger partial charge on any atom is 0.404 e. The standard InChI is InChI=1S/C5H5ClO2/c1-3-4(2)8-5(6)7/h1,4H,2H3. The van der Waals surface area contributed by atoms with Gasteiger partial charge in [0.05, 0.1) is 0 Å². The van der Waals surface area contributed by atoms with Gasteiger partial charge < -0.3 is 4.74 Å². The molecule has 0 fully saturated rings. The van der Waals surface area contributed by atoms with Crippen LogP contribution in [0.15, 0.2) is 0 Å². The molecule has 0 radical (unpaired) electrons. The molecule has 0 aliphatic rings. The molecule has 0 N–H and O–H groups in total. The van der Waals surface area contributed by atoms with Crippen LogP contribution < -0.4 is 0 Å². The third kappa shape index (κ3) is 3.51. The van der Waals surface area contributed by atoms with Crippen LogP contribution in [0.2, 0.25) is 0 Å². The summed E-state index contributed by atoms with van der Waals surface area (Å²) in [5.74, 6) is 2.17. The van der Waals surface area contributed by atoms with Crippen molar-refractivity contribution in [2.45, 2.75) is 13.0 Å². The first kappa shape index (κ1) is 7.32. The zero-order chi connectivity index (χ0) is 6.57. The second-order valence-electron chi connectivity index (χ2n) is 1.16. The van der Waals surface area contributed by atoms with Crippen LogP contribution in [0.5, 0.6) is 0 Å². The molecule has 2 nitrogen and oxygen atoms in total. The molecule has 0 aromatic heterocycles. The summed E-state index contributed by atoms with van der Waals surface area (Å²) in [6.45, 7) is 1.56. The maximum absolute atomic E-state index is 9.86. The summed E-state index contributed by atoms with van der Waals surface area (Å²) in [5.41, 5.74) is -0.865. The van der Waals surface area contributed by atoms with Crippen molar-refractivity contribution in [3.05, 3.63) is 0 Å². The van der Waals surface area contributed by atoms with E-state index in [1.54, 1.807) is 6.92 Å². The van der Waals surface area contributed by atoms with Gasteiger partial charge in [-0.25, -0.2) is 4.79 Å². The van der Waals surface area contributed by atoms with Gasteiger partial charge >= 0.3 is 5.43 Å². The number of hydrogen-bond acceptors (Lipinski definition) is 2. The zero-order valence-electron chi connectivity index (χ0n) is 4.35. The smallest absolute Gasteiger partial charge is 0.404 e. The van der Waals surface area contributed by atoms with Gasteiger partial charge in [-0.1, -0.05) is 5.92 Å². The highest BCUT2D eigenvalue weighted by atomic mass is 35.5. The molecule has 0 aliphatic heterocycles. The van der Waals surface area contributed by atoms with E-state index in [2.05, 4.69) is 10.7 Å². The molecule has 1 unspecified atom stereocenters.